The van der Waals surface area contributed by atoms with Gasteiger partial charge >= 0.3 is 0 Å². The van der Waals surface area contributed by atoms with Crippen molar-refractivity contribution in [3.05, 3.63) is 0 Å². The summed E-state index contributed by atoms with van der Waals surface area (Å²) >= 11 is 0. The summed E-state index contributed by atoms with van der Waals surface area (Å²) in [4.78, 5) is 2.69. The molecule has 1 aliphatic rings. The van der Waals surface area contributed by atoms with Crippen LogP contribution in [-0.4, -0.2) is 37.1 Å². The predicted octanol–water partition coefficient (Wildman–Crippen LogP) is 3.23. The number of rotatable bonds is 6. The molecule has 0 amide bonds. The highest BCUT2D eigenvalue weighted by Gasteiger charge is 2.25. The molecule has 108 valence electrons. The maximum Gasteiger partial charge on any atom is 0.0198 e. The average Bonchev–Trinajstić information content (AvgIpc) is 2.24. The van der Waals surface area contributed by atoms with Crippen LogP contribution in [0.2, 0.25) is 0 Å². The highest BCUT2D eigenvalue weighted by atomic mass is 15.2. The first-order valence-electron chi connectivity index (χ1n) is 7.85. The second-order valence-corrected chi connectivity index (χ2v) is 7.19. The lowest BCUT2D eigenvalue weighted by Gasteiger charge is -2.38. The molecule has 0 spiro atoms. The Bertz CT molecular complexity index is 215. The van der Waals surface area contributed by atoms with Crippen LogP contribution in [0, 0.1) is 23.7 Å². The predicted molar refractivity (Wildman–Crippen MR) is 80.9 cm³/mol. The van der Waals surface area contributed by atoms with Gasteiger partial charge in [0.2, 0.25) is 0 Å². The zero-order valence-electron chi connectivity index (χ0n) is 13.4. The number of nitrogens with zero attached hydrogens (tertiary/aromatic N) is 1. The largest absolute Gasteiger partial charge is 0.311 e. The van der Waals surface area contributed by atoms with Gasteiger partial charge in [-0.05, 0) is 30.1 Å². The molecule has 2 heteroatoms. The van der Waals surface area contributed by atoms with E-state index in [1.807, 2.05) is 0 Å². The zero-order chi connectivity index (χ0) is 13.7. The summed E-state index contributed by atoms with van der Waals surface area (Å²) in [6, 6.07) is 0.707. The standard InChI is InChI=1S/C16H34N2/c1-12(2)9-15-10-18(8-7-17-15)11-16(13(3)4)14(5)6/h12-17H,7-11H2,1-6H3. The second-order valence-electron chi connectivity index (χ2n) is 7.19. The minimum atomic E-state index is 0.707. The van der Waals surface area contributed by atoms with Gasteiger partial charge < -0.3 is 10.2 Å². The first-order chi connectivity index (χ1) is 8.40. The summed E-state index contributed by atoms with van der Waals surface area (Å²) in [5.41, 5.74) is 0. The summed E-state index contributed by atoms with van der Waals surface area (Å²) < 4.78 is 0. The van der Waals surface area contributed by atoms with E-state index in [2.05, 4.69) is 51.8 Å². The third-order valence-corrected chi connectivity index (χ3v) is 4.28. The van der Waals surface area contributed by atoms with Crippen LogP contribution in [0.1, 0.15) is 48.0 Å². The Balaban J connectivity index is 2.45. The van der Waals surface area contributed by atoms with Crippen molar-refractivity contribution in [2.24, 2.45) is 23.7 Å². The van der Waals surface area contributed by atoms with Gasteiger partial charge in [0.25, 0.3) is 0 Å². The lowest BCUT2D eigenvalue weighted by Crippen LogP contribution is -2.52. The van der Waals surface area contributed by atoms with Crippen LogP contribution < -0.4 is 5.32 Å². The van der Waals surface area contributed by atoms with Gasteiger partial charge in [-0.25, -0.2) is 0 Å². The lowest BCUT2D eigenvalue weighted by molar-refractivity contribution is 0.126. The van der Waals surface area contributed by atoms with Crippen molar-refractivity contribution in [3.63, 3.8) is 0 Å². The van der Waals surface area contributed by atoms with Crippen LogP contribution in [0.25, 0.3) is 0 Å². The molecule has 1 rings (SSSR count). The molecule has 1 fully saturated rings. The minimum Gasteiger partial charge on any atom is -0.311 e. The van der Waals surface area contributed by atoms with Crippen molar-refractivity contribution in [2.45, 2.75) is 54.0 Å². The van der Waals surface area contributed by atoms with E-state index in [0.29, 0.717) is 6.04 Å². The minimum absolute atomic E-state index is 0.707. The van der Waals surface area contributed by atoms with Crippen LogP contribution in [0.4, 0.5) is 0 Å². The van der Waals surface area contributed by atoms with E-state index in [-0.39, 0.29) is 0 Å². The first-order valence-corrected chi connectivity index (χ1v) is 7.85. The zero-order valence-corrected chi connectivity index (χ0v) is 13.4. The normalized spacial score (nSPS) is 22.7. The van der Waals surface area contributed by atoms with Crippen molar-refractivity contribution in [1.29, 1.82) is 0 Å². The SMILES string of the molecule is CC(C)CC1CN(CC(C(C)C)C(C)C)CCN1. The second kappa shape index (κ2) is 7.49. The first kappa shape index (κ1) is 16.0. The molecule has 1 unspecified atom stereocenters. The van der Waals surface area contributed by atoms with E-state index < -0.39 is 0 Å². The molecular formula is C16H34N2. The average molecular weight is 254 g/mol. The summed E-state index contributed by atoms with van der Waals surface area (Å²) in [5, 5.41) is 3.67. The molecule has 0 aromatic heterocycles. The van der Waals surface area contributed by atoms with Crippen LogP contribution in [0.15, 0.2) is 0 Å². The Morgan fingerprint density at radius 3 is 2.17 bits per heavy atom. The number of nitrogens with one attached hydrogen (secondary N) is 1. The Morgan fingerprint density at radius 1 is 1.06 bits per heavy atom. The highest BCUT2D eigenvalue weighted by Crippen LogP contribution is 2.22. The summed E-state index contributed by atoms with van der Waals surface area (Å²) in [5.74, 6) is 3.23. The van der Waals surface area contributed by atoms with Gasteiger partial charge in [-0.15, -0.1) is 0 Å². The van der Waals surface area contributed by atoms with Crippen LogP contribution >= 0.6 is 0 Å². The maximum absolute atomic E-state index is 3.67. The molecule has 0 aromatic carbocycles. The molecule has 18 heavy (non-hydrogen) atoms. The number of piperazine rings is 1. The van der Waals surface area contributed by atoms with Crippen molar-refractivity contribution in [3.8, 4) is 0 Å². The summed E-state index contributed by atoms with van der Waals surface area (Å²) in [6.45, 7) is 19.1. The number of hydrogen-bond acceptors (Lipinski definition) is 2. The van der Waals surface area contributed by atoms with Gasteiger partial charge in [-0.2, -0.15) is 0 Å². The number of hydrogen-bond donors (Lipinski definition) is 1. The van der Waals surface area contributed by atoms with E-state index in [1.54, 1.807) is 0 Å². The van der Waals surface area contributed by atoms with Gasteiger partial charge in [0.15, 0.2) is 0 Å². The molecule has 1 aliphatic heterocycles. The van der Waals surface area contributed by atoms with Gasteiger partial charge in [-0.3, -0.25) is 0 Å². The highest BCUT2D eigenvalue weighted by molar-refractivity contribution is 4.82. The van der Waals surface area contributed by atoms with E-state index in [0.717, 1.165) is 23.7 Å². The Kier molecular flexibility index (Phi) is 6.65. The molecule has 1 N–H and O–H groups in total. The van der Waals surface area contributed by atoms with Gasteiger partial charge in [0, 0.05) is 32.2 Å². The summed E-state index contributed by atoms with van der Waals surface area (Å²) in [7, 11) is 0. The molecule has 0 saturated carbocycles. The lowest BCUT2D eigenvalue weighted by atomic mass is 9.85. The quantitative estimate of drug-likeness (QED) is 0.783. The van der Waals surface area contributed by atoms with Crippen molar-refractivity contribution in [2.75, 3.05) is 26.2 Å². The Morgan fingerprint density at radius 2 is 1.67 bits per heavy atom. The molecule has 1 saturated heterocycles. The van der Waals surface area contributed by atoms with Gasteiger partial charge in [-0.1, -0.05) is 41.5 Å². The molecule has 0 bridgehead atoms. The van der Waals surface area contributed by atoms with Crippen LogP contribution in [-0.2, 0) is 0 Å². The van der Waals surface area contributed by atoms with Crippen LogP contribution in [0.3, 0.4) is 0 Å². The third kappa shape index (κ3) is 5.27. The molecular weight excluding hydrogens is 220 g/mol. The Labute approximate surface area is 115 Å². The molecule has 0 aliphatic carbocycles. The molecule has 1 atom stereocenters. The van der Waals surface area contributed by atoms with Crippen molar-refractivity contribution >= 4 is 0 Å². The molecule has 1 heterocycles. The van der Waals surface area contributed by atoms with Crippen LogP contribution in [0.5, 0.6) is 0 Å². The van der Waals surface area contributed by atoms with E-state index >= 15 is 0 Å². The molecule has 2 nitrogen and oxygen atoms in total. The third-order valence-electron chi connectivity index (χ3n) is 4.28. The van der Waals surface area contributed by atoms with E-state index in [1.165, 1.54) is 32.6 Å². The fraction of sp³-hybridized carbons (Fsp3) is 1.00. The topological polar surface area (TPSA) is 15.3 Å². The molecule has 0 aromatic rings. The summed E-state index contributed by atoms with van der Waals surface area (Å²) in [6.07, 6.45) is 1.31. The van der Waals surface area contributed by atoms with Crippen molar-refractivity contribution in [1.82, 2.24) is 10.2 Å². The van der Waals surface area contributed by atoms with E-state index in [9.17, 15) is 0 Å². The maximum atomic E-state index is 3.67. The molecule has 0 radical (unpaired) electrons. The smallest absolute Gasteiger partial charge is 0.0198 e. The fourth-order valence-corrected chi connectivity index (χ4v) is 3.28. The van der Waals surface area contributed by atoms with E-state index in [4.69, 9.17) is 0 Å². The van der Waals surface area contributed by atoms with Gasteiger partial charge in [0.05, 0.1) is 0 Å². The van der Waals surface area contributed by atoms with Gasteiger partial charge in [0.1, 0.15) is 0 Å². The Hall–Kier alpha value is -0.0800. The fourth-order valence-electron chi connectivity index (χ4n) is 3.28. The van der Waals surface area contributed by atoms with Crippen molar-refractivity contribution < 1.29 is 0 Å². The monoisotopic (exact) mass is 254 g/mol.